The average molecular weight is 316 g/mol. The highest BCUT2D eigenvalue weighted by molar-refractivity contribution is 9.10. The summed E-state index contributed by atoms with van der Waals surface area (Å²) >= 11 is 3.40. The number of nitrogens with one attached hydrogen (secondary N) is 2. The number of hydrogen-bond acceptors (Lipinski definition) is 5. The average Bonchev–Trinajstić information content (AvgIpc) is 2.39. The van der Waals surface area contributed by atoms with Crippen LogP contribution in [0.25, 0.3) is 0 Å². The first-order valence-electron chi connectivity index (χ1n) is 5.71. The minimum Gasteiger partial charge on any atom is -0.372 e. The number of aromatic nitrogens is 2. The number of rotatable bonds is 5. The van der Waals surface area contributed by atoms with Crippen LogP contribution in [0.2, 0.25) is 0 Å². The van der Waals surface area contributed by atoms with E-state index in [1.165, 1.54) is 6.33 Å². The van der Waals surface area contributed by atoms with Crippen LogP contribution in [0.15, 0.2) is 10.8 Å². The number of hydrogen-bond donors (Lipinski definition) is 2. The number of likely N-dealkylation sites (N-methyl/N-ethyl adjacent to an activating group) is 1. The highest BCUT2D eigenvalue weighted by Gasteiger charge is 2.18. The van der Waals surface area contributed by atoms with Gasteiger partial charge in [0, 0.05) is 20.6 Å². The second-order valence-electron chi connectivity index (χ2n) is 3.85. The van der Waals surface area contributed by atoms with Crippen LogP contribution >= 0.6 is 15.9 Å². The number of halogens is 1. The van der Waals surface area contributed by atoms with Crippen molar-refractivity contribution in [1.82, 2.24) is 14.9 Å². The molecule has 18 heavy (non-hydrogen) atoms. The summed E-state index contributed by atoms with van der Waals surface area (Å²) in [7, 11) is 3.55. The van der Waals surface area contributed by atoms with Gasteiger partial charge in [-0.1, -0.05) is 0 Å². The van der Waals surface area contributed by atoms with Crippen LogP contribution in [0, 0.1) is 0 Å². The van der Waals surface area contributed by atoms with Gasteiger partial charge in [-0.25, -0.2) is 9.97 Å². The van der Waals surface area contributed by atoms with E-state index in [9.17, 15) is 4.79 Å². The highest BCUT2D eigenvalue weighted by Crippen LogP contribution is 2.26. The van der Waals surface area contributed by atoms with E-state index in [1.54, 1.807) is 19.0 Å². The normalized spacial score (nSPS) is 11.8. The number of carbonyl (C=O) groups excluding carboxylic acids is 1. The summed E-state index contributed by atoms with van der Waals surface area (Å²) in [4.78, 5) is 21.8. The van der Waals surface area contributed by atoms with Crippen LogP contribution in [0.1, 0.15) is 13.8 Å². The molecule has 0 aliphatic rings. The summed E-state index contributed by atoms with van der Waals surface area (Å²) in [6.07, 6.45) is 1.44. The Morgan fingerprint density at radius 1 is 1.50 bits per heavy atom. The SMILES string of the molecule is CCN(C)C(=O)C(C)Nc1ncnc(NC)c1Br. The van der Waals surface area contributed by atoms with Gasteiger partial charge in [0.1, 0.15) is 28.5 Å². The van der Waals surface area contributed by atoms with Crippen LogP contribution in [0.5, 0.6) is 0 Å². The Hall–Kier alpha value is -1.37. The molecule has 0 aliphatic carbocycles. The molecule has 1 aromatic rings. The van der Waals surface area contributed by atoms with E-state index in [4.69, 9.17) is 0 Å². The maximum absolute atomic E-state index is 11.9. The van der Waals surface area contributed by atoms with E-state index in [1.807, 2.05) is 13.8 Å². The van der Waals surface area contributed by atoms with Gasteiger partial charge < -0.3 is 15.5 Å². The van der Waals surface area contributed by atoms with Gasteiger partial charge >= 0.3 is 0 Å². The molecule has 0 bridgehead atoms. The Kier molecular flexibility index (Phi) is 5.33. The highest BCUT2D eigenvalue weighted by atomic mass is 79.9. The largest absolute Gasteiger partial charge is 0.372 e. The molecule has 0 spiro atoms. The molecule has 1 atom stereocenters. The molecule has 1 amide bonds. The summed E-state index contributed by atoms with van der Waals surface area (Å²) in [5, 5.41) is 6.01. The lowest BCUT2D eigenvalue weighted by Gasteiger charge is -2.21. The van der Waals surface area contributed by atoms with Crippen molar-refractivity contribution >= 4 is 33.5 Å². The van der Waals surface area contributed by atoms with Gasteiger partial charge in [-0.05, 0) is 29.8 Å². The summed E-state index contributed by atoms with van der Waals surface area (Å²) in [6, 6.07) is -0.342. The molecule has 7 heteroatoms. The first-order chi connectivity index (χ1) is 8.51. The molecule has 1 heterocycles. The van der Waals surface area contributed by atoms with E-state index in [2.05, 4.69) is 36.5 Å². The van der Waals surface area contributed by atoms with Crippen molar-refractivity contribution in [2.45, 2.75) is 19.9 Å². The molecule has 1 unspecified atom stereocenters. The Labute approximate surface area is 115 Å². The first-order valence-corrected chi connectivity index (χ1v) is 6.50. The number of amides is 1. The third kappa shape index (κ3) is 3.32. The van der Waals surface area contributed by atoms with Crippen molar-refractivity contribution in [2.24, 2.45) is 0 Å². The van der Waals surface area contributed by atoms with Crippen molar-refractivity contribution in [3.63, 3.8) is 0 Å². The molecular weight excluding hydrogens is 298 g/mol. The monoisotopic (exact) mass is 315 g/mol. The second kappa shape index (κ2) is 6.53. The smallest absolute Gasteiger partial charge is 0.244 e. The lowest BCUT2D eigenvalue weighted by atomic mass is 10.3. The van der Waals surface area contributed by atoms with Crippen LogP contribution in [-0.2, 0) is 4.79 Å². The van der Waals surface area contributed by atoms with Gasteiger partial charge in [0.05, 0.1) is 0 Å². The quantitative estimate of drug-likeness (QED) is 0.863. The Balaban J connectivity index is 2.82. The standard InChI is InChI=1S/C11H18BrN5O/c1-5-17(4)11(18)7(2)16-10-8(12)9(13-3)14-6-15-10/h6-7H,5H2,1-4H3,(H2,13,14,15,16). The van der Waals surface area contributed by atoms with Gasteiger partial charge in [-0.3, -0.25) is 4.79 Å². The van der Waals surface area contributed by atoms with Crippen LogP contribution < -0.4 is 10.6 Å². The van der Waals surface area contributed by atoms with E-state index in [0.29, 0.717) is 22.7 Å². The van der Waals surface area contributed by atoms with E-state index in [-0.39, 0.29) is 11.9 Å². The number of carbonyl (C=O) groups is 1. The summed E-state index contributed by atoms with van der Waals surface area (Å²) in [5.41, 5.74) is 0. The molecular formula is C11H18BrN5O. The maximum atomic E-state index is 11.9. The molecule has 0 aromatic carbocycles. The van der Waals surface area contributed by atoms with Gasteiger partial charge in [-0.2, -0.15) is 0 Å². The lowest BCUT2D eigenvalue weighted by molar-refractivity contribution is -0.130. The molecule has 0 aliphatic heterocycles. The zero-order valence-electron chi connectivity index (χ0n) is 11.0. The number of nitrogens with zero attached hydrogens (tertiary/aromatic N) is 3. The van der Waals surface area contributed by atoms with Crippen molar-refractivity contribution < 1.29 is 4.79 Å². The van der Waals surface area contributed by atoms with Crippen molar-refractivity contribution in [3.8, 4) is 0 Å². The zero-order valence-corrected chi connectivity index (χ0v) is 12.6. The summed E-state index contributed by atoms with van der Waals surface area (Å²) in [5.74, 6) is 1.30. The molecule has 0 fully saturated rings. The minimum absolute atomic E-state index is 0.0222. The van der Waals surface area contributed by atoms with Gasteiger partial charge in [0.15, 0.2) is 0 Å². The van der Waals surface area contributed by atoms with Crippen LogP contribution in [0.4, 0.5) is 11.6 Å². The molecule has 1 aromatic heterocycles. The molecule has 100 valence electrons. The van der Waals surface area contributed by atoms with E-state index in [0.717, 1.165) is 0 Å². The van der Waals surface area contributed by atoms with Crippen LogP contribution in [-0.4, -0.2) is 47.5 Å². The van der Waals surface area contributed by atoms with Gasteiger partial charge in [0.2, 0.25) is 5.91 Å². The molecule has 0 saturated heterocycles. The Morgan fingerprint density at radius 3 is 2.67 bits per heavy atom. The van der Waals surface area contributed by atoms with Gasteiger partial charge in [-0.15, -0.1) is 0 Å². The third-order valence-corrected chi connectivity index (χ3v) is 3.35. The fourth-order valence-corrected chi connectivity index (χ4v) is 1.92. The van der Waals surface area contributed by atoms with Gasteiger partial charge in [0.25, 0.3) is 0 Å². The minimum atomic E-state index is -0.342. The molecule has 2 N–H and O–H groups in total. The summed E-state index contributed by atoms with van der Waals surface area (Å²) < 4.78 is 0.714. The Morgan fingerprint density at radius 2 is 2.11 bits per heavy atom. The molecule has 0 saturated carbocycles. The molecule has 6 nitrogen and oxygen atoms in total. The van der Waals surface area contributed by atoms with Crippen molar-refractivity contribution in [3.05, 3.63) is 10.8 Å². The fraction of sp³-hybridized carbons (Fsp3) is 0.545. The Bertz CT molecular complexity index is 426. The van der Waals surface area contributed by atoms with Crippen LogP contribution in [0.3, 0.4) is 0 Å². The lowest BCUT2D eigenvalue weighted by Crippen LogP contribution is -2.39. The van der Waals surface area contributed by atoms with E-state index >= 15 is 0 Å². The van der Waals surface area contributed by atoms with Crippen molar-refractivity contribution in [1.29, 1.82) is 0 Å². The van der Waals surface area contributed by atoms with E-state index < -0.39 is 0 Å². The topological polar surface area (TPSA) is 70.2 Å². The zero-order chi connectivity index (χ0) is 13.7. The molecule has 0 radical (unpaired) electrons. The third-order valence-electron chi connectivity index (χ3n) is 2.60. The fourth-order valence-electron chi connectivity index (χ4n) is 1.40. The second-order valence-corrected chi connectivity index (χ2v) is 4.65. The predicted octanol–water partition coefficient (Wildman–Crippen LogP) is 1.56. The van der Waals surface area contributed by atoms with Crippen molar-refractivity contribution in [2.75, 3.05) is 31.3 Å². The maximum Gasteiger partial charge on any atom is 0.244 e. The summed E-state index contributed by atoms with van der Waals surface area (Å²) in [6.45, 7) is 4.42. The predicted molar refractivity (Wildman–Crippen MR) is 75.7 cm³/mol. The molecule has 1 rings (SSSR count). The first kappa shape index (κ1) is 14.7. The number of anilines is 2.